The van der Waals surface area contributed by atoms with Crippen LogP contribution >= 0.6 is 0 Å². The number of carbonyl (C=O) groups excluding carboxylic acids is 2. The number of aldehydes is 1. The summed E-state index contributed by atoms with van der Waals surface area (Å²) < 4.78 is 7.39. The van der Waals surface area contributed by atoms with Gasteiger partial charge in [0.15, 0.2) is 6.29 Å². The second-order valence-electron chi connectivity index (χ2n) is 6.24. The van der Waals surface area contributed by atoms with Crippen LogP contribution in [0.4, 0.5) is 0 Å². The van der Waals surface area contributed by atoms with Gasteiger partial charge in [0.25, 0.3) is 0 Å². The molecule has 1 aromatic carbocycles. The van der Waals surface area contributed by atoms with Gasteiger partial charge in [-0.15, -0.1) is 0 Å². The van der Waals surface area contributed by atoms with Crippen molar-refractivity contribution in [3.8, 4) is 5.75 Å². The molecule has 24 heavy (non-hydrogen) atoms. The van der Waals surface area contributed by atoms with Crippen molar-refractivity contribution in [2.24, 2.45) is 0 Å². The second-order valence-corrected chi connectivity index (χ2v) is 6.24. The summed E-state index contributed by atoms with van der Waals surface area (Å²) in [7, 11) is 0. The Balaban J connectivity index is 1.86. The average molecular weight is 328 g/mol. The topological polar surface area (TPSA) is 51.5 Å². The fourth-order valence-corrected chi connectivity index (χ4v) is 3.35. The summed E-state index contributed by atoms with van der Waals surface area (Å²) in [6, 6.07) is 5.67. The van der Waals surface area contributed by atoms with Gasteiger partial charge in [0.1, 0.15) is 12.3 Å². The zero-order valence-electron chi connectivity index (χ0n) is 14.2. The van der Waals surface area contributed by atoms with E-state index in [1.165, 1.54) is 12.8 Å². The molecule has 1 aliphatic rings. The quantitative estimate of drug-likeness (QED) is 0.792. The molecule has 0 radical (unpaired) electrons. The van der Waals surface area contributed by atoms with E-state index in [0.717, 1.165) is 48.9 Å². The molecule has 5 heteroatoms. The Morgan fingerprint density at radius 3 is 2.62 bits per heavy atom. The first kappa shape index (κ1) is 16.6. The van der Waals surface area contributed by atoms with Crippen LogP contribution in [0.3, 0.4) is 0 Å². The summed E-state index contributed by atoms with van der Waals surface area (Å²) in [4.78, 5) is 26.0. The monoisotopic (exact) mass is 328 g/mol. The van der Waals surface area contributed by atoms with Gasteiger partial charge >= 0.3 is 0 Å². The highest BCUT2D eigenvalue weighted by Gasteiger charge is 2.18. The molecule has 2 aromatic rings. The van der Waals surface area contributed by atoms with E-state index in [-0.39, 0.29) is 12.5 Å². The lowest BCUT2D eigenvalue weighted by atomic mass is 10.2. The fourth-order valence-electron chi connectivity index (χ4n) is 3.35. The number of nitrogens with zero attached hydrogens (tertiary/aromatic N) is 2. The maximum Gasteiger partial charge on any atom is 0.242 e. The number of hydrogen-bond donors (Lipinski definition) is 0. The minimum absolute atomic E-state index is 0.125. The molecule has 1 aromatic heterocycles. The van der Waals surface area contributed by atoms with Crippen molar-refractivity contribution >= 4 is 23.1 Å². The number of benzene rings is 1. The summed E-state index contributed by atoms with van der Waals surface area (Å²) in [5.41, 5.74) is 1.49. The van der Waals surface area contributed by atoms with Gasteiger partial charge in [0, 0.05) is 35.8 Å². The highest BCUT2D eigenvalue weighted by molar-refractivity contribution is 5.98. The predicted octanol–water partition coefficient (Wildman–Crippen LogP) is 3.26. The van der Waals surface area contributed by atoms with Gasteiger partial charge in [0.05, 0.1) is 6.61 Å². The molecule has 1 fully saturated rings. The number of likely N-dealkylation sites (tertiary alicyclic amines) is 1. The molecule has 2 heterocycles. The van der Waals surface area contributed by atoms with E-state index in [2.05, 4.69) is 0 Å². The smallest absolute Gasteiger partial charge is 0.242 e. The lowest BCUT2D eigenvalue weighted by Crippen LogP contribution is -2.34. The van der Waals surface area contributed by atoms with E-state index >= 15 is 0 Å². The van der Waals surface area contributed by atoms with Gasteiger partial charge < -0.3 is 14.2 Å². The normalized spacial score (nSPS) is 15.3. The molecule has 0 saturated carbocycles. The van der Waals surface area contributed by atoms with Crippen LogP contribution in [0.15, 0.2) is 24.4 Å². The van der Waals surface area contributed by atoms with Crippen molar-refractivity contribution in [2.45, 2.75) is 39.2 Å². The van der Waals surface area contributed by atoms with Crippen LogP contribution in [0.1, 0.15) is 43.0 Å². The largest absolute Gasteiger partial charge is 0.494 e. The number of ether oxygens (including phenoxy) is 1. The molecule has 0 spiro atoms. The van der Waals surface area contributed by atoms with Crippen molar-refractivity contribution in [1.29, 1.82) is 0 Å². The highest BCUT2D eigenvalue weighted by Crippen LogP contribution is 2.25. The Hall–Kier alpha value is -2.30. The van der Waals surface area contributed by atoms with Crippen molar-refractivity contribution in [1.82, 2.24) is 9.47 Å². The molecular formula is C19H24N2O3. The van der Waals surface area contributed by atoms with Crippen molar-refractivity contribution in [3.05, 3.63) is 30.0 Å². The van der Waals surface area contributed by atoms with Crippen molar-refractivity contribution in [3.63, 3.8) is 0 Å². The van der Waals surface area contributed by atoms with Gasteiger partial charge in [0.2, 0.25) is 5.91 Å². The molecule has 1 saturated heterocycles. The summed E-state index contributed by atoms with van der Waals surface area (Å²) in [5.74, 6) is 0.866. The van der Waals surface area contributed by atoms with E-state index < -0.39 is 0 Å². The van der Waals surface area contributed by atoms with Crippen molar-refractivity contribution in [2.75, 3.05) is 19.7 Å². The first-order valence-corrected chi connectivity index (χ1v) is 8.71. The SMILES string of the molecule is CCOc1ccc2c(c1)c(C=O)cn2CC(=O)N1CCCCCC1. The standard InChI is InChI=1S/C19H24N2O3/c1-2-24-16-7-8-18-17(11-16)15(14-22)12-21(18)13-19(23)20-9-5-3-4-6-10-20/h7-8,11-12,14H,2-6,9-10,13H2,1H3. The van der Waals surface area contributed by atoms with Gasteiger partial charge in [-0.2, -0.15) is 0 Å². The maximum atomic E-state index is 12.6. The Morgan fingerprint density at radius 2 is 1.96 bits per heavy atom. The minimum Gasteiger partial charge on any atom is -0.494 e. The first-order valence-electron chi connectivity index (χ1n) is 8.71. The Morgan fingerprint density at radius 1 is 1.21 bits per heavy atom. The van der Waals surface area contributed by atoms with E-state index in [4.69, 9.17) is 4.74 Å². The fraction of sp³-hybridized carbons (Fsp3) is 0.474. The molecule has 0 bridgehead atoms. The predicted molar refractivity (Wildman–Crippen MR) is 93.5 cm³/mol. The molecule has 0 atom stereocenters. The first-order chi connectivity index (χ1) is 11.7. The van der Waals surface area contributed by atoms with Crippen LogP contribution in [0.25, 0.3) is 10.9 Å². The molecule has 0 aliphatic carbocycles. The molecule has 3 rings (SSSR count). The number of amides is 1. The number of fused-ring (bicyclic) bond motifs is 1. The van der Waals surface area contributed by atoms with Crippen LogP contribution in [0.2, 0.25) is 0 Å². The zero-order chi connectivity index (χ0) is 16.9. The summed E-state index contributed by atoms with van der Waals surface area (Å²) >= 11 is 0. The average Bonchev–Trinajstić information content (AvgIpc) is 2.77. The molecule has 5 nitrogen and oxygen atoms in total. The van der Waals surface area contributed by atoms with Gasteiger partial charge in [-0.3, -0.25) is 9.59 Å². The second kappa shape index (κ2) is 7.51. The van der Waals surface area contributed by atoms with E-state index in [9.17, 15) is 9.59 Å². The molecule has 1 amide bonds. The molecule has 0 unspecified atom stereocenters. The minimum atomic E-state index is 0.125. The molecule has 1 aliphatic heterocycles. The van der Waals surface area contributed by atoms with Crippen molar-refractivity contribution < 1.29 is 14.3 Å². The van der Waals surface area contributed by atoms with Crippen LogP contribution in [-0.4, -0.2) is 41.4 Å². The lowest BCUT2D eigenvalue weighted by molar-refractivity contribution is -0.131. The van der Waals surface area contributed by atoms with E-state index in [1.807, 2.05) is 34.6 Å². The Labute approximate surface area is 142 Å². The van der Waals surface area contributed by atoms with E-state index in [0.29, 0.717) is 12.2 Å². The molecular weight excluding hydrogens is 304 g/mol. The Bertz CT molecular complexity index is 728. The summed E-state index contributed by atoms with van der Waals surface area (Å²) in [6.07, 6.45) is 7.16. The summed E-state index contributed by atoms with van der Waals surface area (Å²) in [6.45, 7) is 4.46. The van der Waals surface area contributed by atoms with Crippen LogP contribution in [-0.2, 0) is 11.3 Å². The third-order valence-corrected chi connectivity index (χ3v) is 4.59. The summed E-state index contributed by atoms with van der Waals surface area (Å²) in [5, 5.41) is 0.833. The maximum absolute atomic E-state index is 12.6. The van der Waals surface area contributed by atoms with Crippen LogP contribution < -0.4 is 4.74 Å². The third kappa shape index (κ3) is 3.45. The van der Waals surface area contributed by atoms with Crippen LogP contribution in [0.5, 0.6) is 5.75 Å². The number of aromatic nitrogens is 1. The third-order valence-electron chi connectivity index (χ3n) is 4.59. The van der Waals surface area contributed by atoms with Gasteiger partial charge in [-0.25, -0.2) is 0 Å². The highest BCUT2D eigenvalue weighted by atomic mass is 16.5. The van der Waals surface area contributed by atoms with Gasteiger partial charge in [-0.05, 0) is 38.0 Å². The van der Waals surface area contributed by atoms with Gasteiger partial charge in [-0.1, -0.05) is 12.8 Å². The number of hydrogen-bond acceptors (Lipinski definition) is 3. The number of rotatable bonds is 5. The molecule has 0 N–H and O–H groups in total. The Kier molecular flexibility index (Phi) is 5.18. The number of carbonyl (C=O) groups is 2. The van der Waals surface area contributed by atoms with Crippen LogP contribution in [0, 0.1) is 0 Å². The molecule has 128 valence electrons. The zero-order valence-corrected chi connectivity index (χ0v) is 14.2. The van der Waals surface area contributed by atoms with E-state index in [1.54, 1.807) is 6.20 Å². The lowest BCUT2D eigenvalue weighted by Gasteiger charge is -2.20.